The van der Waals surface area contributed by atoms with Crippen molar-refractivity contribution >= 4 is 23.4 Å². The third-order valence-corrected chi connectivity index (χ3v) is 2.67. The highest BCUT2D eigenvalue weighted by atomic mass is 35.5. The molecule has 0 N–H and O–H groups in total. The number of carbonyl (C=O) groups excluding carboxylic acids is 2. The second-order valence-electron chi connectivity index (χ2n) is 3.84. The number of halogens is 1. The Labute approximate surface area is 116 Å². The van der Waals surface area contributed by atoms with Gasteiger partial charge >= 0.3 is 5.97 Å². The van der Waals surface area contributed by atoms with E-state index in [1.165, 1.54) is 6.07 Å². The highest BCUT2D eigenvalue weighted by Crippen LogP contribution is 2.15. The predicted molar refractivity (Wildman–Crippen MR) is 71.2 cm³/mol. The van der Waals surface area contributed by atoms with E-state index >= 15 is 0 Å². The quantitative estimate of drug-likeness (QED) is 0.456. The fourth-order valence-corrected chi connectivity index (χ4v) is 1.80. The van der Waals surface area contributed by atoms with E-state index < -0.39 is 0 Å². The average Bonchev–Trinajstić information content (AvgIpc) is 2.39. The maximum Gasteiger partial charge on any atom is 0.310 e. The Balaban J connectivity index is 2.99. The summed E-state index contributed by atoms with van der Waals surface area (Å²) in [6, 6.07) is 6.70. The molecule has 0 spiro atoms. The van der Waals surface area contributed by atoms with Crippen LogP contribution in [0, 0.1) is 11.3 Å². The van der Waals surface area contributed by atoms with Crippen LogP contribution in [0.2, 0.25) is 0 Å². The summed E-state index contributed by atoms with van der Waals surface area (Å²) < 4.78 is 4.84. The normalized spacial score (nSPS) is 9.74. The number of ketones is 1. The van der Waals surface area contributed by atoms with Gasteiger partial charge < -0.3 is 4.74 Å². The monoisotopic (exact) mass is 279 g/mol. The van der Waals surface area contributed by atoms with Crippen LogP contribution < -0.4 is 0 Å². The van der Waals surface area contributed by atoms with Crippen LogP contribution in [0.25, 0.3) is 0 Å². The van der Waals surface area contributed by atoms with Crippen LogP contribution in [0.1, 0.15) is 34.8 Å². The van der Waals surface area contributed by atoms with Crippen molar-refractivity contribution in [3.05, 3.63) is 34.9 Å². The zero-order valence-electron chi connectivity index (χ0n) is 10.6. The molecule has 1 aromatic carbocycles. The summed E-state index contributed by atoms with van der Waals surface area (Å²) in [5.74, 6) is -0.355. The molecule has 0 saturated heterocycles. The van der Waals surface area contributed by atoms with Crippen molar-refractivity contribution in [2.24, 2.45) is 0 Å². The number of rotatable bonds is 6. The van der Waals surface area contributed by atoms with E-state index in [0.717, 1.165) is 0 Å². The molecule has 1 rings (SSSR count). The molecule has 0 aliphatic carbocycles. The van der Waals surface area contributed by atoms with Gasteiger partial charge in [0.25, 0.3) is 0 Å². The number of ether oxygens (including phenoxy) is 1. The van der Waals surface area contributed by atoms with Gasteiger partial charge in [0.15, 0.2) is 5.78 Å². The molecule has 0 aliphatic heterocycles. The summed E-state index contributed by atoms with van der Waals surface area (Å²) in [6.45, 7) is 2.04. The van der Waals surface area contributed by atoms with Crippen LogP contribution in [-0.4, -0.2) is 24.2 Å². The number of hydrogen-bond donors (Lipinski definition) is 0. The zero-order chi connectivity index (χ0) is 14.3. The Hall–Kier alpha value is -1.86. The minimum Gasteiger partial charge on any atom is -0.466 e. The van der Waals surface area contributed by atoms with Gasteiger partial charge in [-0.25, -0.2) is 0 Å². The fourth-order valence-electron chi connectivity index (χ4n) is 1.63. The molecular weight excluding hydrogens is 266 g/mol. The van der Waals surface area contributed by atoms with Gasteiger partial charge in [-0.15, -0.1) is 11.6 Å². The first-order valence-corrected chi connectivity index (χ1v) is 6.43. The van der Waals surface area contributed by atoms with Crippen LogP contribution in [0.15, 0.2) is 18.2 Å². The van der Waals surface area contributed by atoms with Crippen molar-refractivity contribution in [1.82, 2.24) is 0 Å². The number of hydrogen-bond acceptors (Lipinski definition) is 4. The van der Waals surface area contributed by atoms with E-state index in [9.17, 15) is 9.59 Å². The lowest BCUT2D eigenvalue weighted by molar-refractivity contribution is -0.142. The molecule has 0 amide bonds. The van der Waals surface area contributed by atoms with Gasteiger partial charge in [0.2, 0.25) is 0 Å². The first kappa shape index (κ1) is 15.2. The van der Waals surface area contributed by atoms with Gasteiger partial charge in [0.1, 0.15) is 0 Å². The molecule has 0 unspecified atom stereocenters. The van der Waals surface area contributed by atoms with Crippen LogP contribution >= 0.6 is 11.6 Å². The van der Waals surface area contributed by atoms with Crippen molar-refractivity contribution in [1.29, 1.82) is 5.26 Å². The van der Waals surface area contributed by atoms with Gasteiger partial charge in [0, 0.05) is 17.9 Å². The minimum atomic E-state index is -0.358. The van der Waals surface area contributed by atoms with Gasteiger partial charge in [0.05, 0.1) is 24.7 Å². The molecule has 0 atom stereocenters. The molecule has 100 valence electrons. The molecule has 0 saturated carbocycles. The third-order valence-electron chi connectivity index (χ3n) is 2.48. The number of esters is 1. The minimum absolute atomic E-state index is 0.0840. The summed E-state index contributed by atoms with van der Waals surface area (Å²) >= 11 is 5.53. The molecule has 4 nitrogen and oxygen atoms in total. The number of alkyl halides is 1. The van der Waals surface area contributed by atoms with Crippen molar-refractivity contribution < 1.29 is 14.3 Å². The molecule has 5 heteroatoms. The molecule has 0 radical (unpaired) electrons. The summed E-state index contributed by atoms with van der Waals surface area (Å²) in [6.07, 6.45) is 0.250. The van der Waals surface area contributed by atoms with E-state index in [2.05, 4.69) is 0 Å². The standard InChI is InChI=1S/C14H14ClNO3/c1-2-19-14(18)8-10-3-4-11(9-16)12(7-10)13(17)5-6-15/h3-4,7H,2,5-6,8H2,1H3. The molecule has 0 aromatic heterocycles. The Morgan fingerprint density at radius 3 is 2.74 bits per heavy atom. The SMILES string of the molecule is CCOC(=O)Cc1ccc(C#N)c(C(=O)CCCl)c1. The molecule has 19 heavy (non-hydrogen) atoms. The topological polar surface area (TPSA) is 67.2 Å². The molecule has 0 heterocycles. The first-order valence-electron chi connectivity index (χ1n) is 5.90. The number of nitrogens with zero attached hydrogens (tertiary/aromatic N) is 1. The third kappa shape index (κ3) is 4.38. The van der Waals surface area contributed by atoms with E-state index in [1.54, 1.807) is 19.1 Å². The molecular formula is C14H14ClNO3. The summed E-state index contributed by atoms with van der Waals surface area (Å²) in [5, 5.41) is 8.97. The number of Topliss-reactive ketones (excluding diaryl/α,β-unsaturated/α-hetero) is 1. The number of nitriles is 1. The van der Waals surface area contributed by atoms with E-state index in [-0.39, 0.29) is 30.5 Å². The van der Waals surface area contributed by atoms with Crippen LogP contribution in [0.5, 0.6) is 0 Å². The molecule has 1 aromatic rings. The van der Waals surface area contributed by atoms with Gasteiger partial charge in [-0.1, -0.05) is 6.07 Å². The number of carbonyl (C=O) groups is 2. The maximum atomic E-state index is 11.8. The Morgan fingerprint density at radius 2 is 2.16 bits per heavy atom. The van der Waals surface area contributed by atoms with Crippen LogP contribution in [-0.2, 0) is 16.0 Å². The van der Waals surface area contributed by atoms with Crippen molar-refractivity contribution in [2.75, 3.05) is 12.5 Å². The second kappa shape index (κ2) is 7.55. The second-order valence-corrected chi connectivity index (χ2v) is 4.21. The largest absolute Gasteiger partial charge is 0.466 e. The van der Waals surface area contributed by atoms with Gasteiger partial charge in [-0.2, -0.15) is 5.26 Å². The smallest absolute Gasteiger partial charge is 0.310 e. The van der Waals surface area contributed by atoms with Crippen molar-refractivity contribution in [3.8, 4) is 6.07 Å². The zero-order valence-corrected chi connectivity index (χ0v) is 11.4. The van der Waals surface area contributed by atoms with Gasteiger partial charge in [-0.05, 0) is 24.6 Å². The van der Waals surface area contributed by atoms with Crippen LogP contribution in [0.4, 0.5) is 0 Å². The van der Waals surface area contributed by atoms with E-state index in [1.807, 2.05) is 6.07 Å². The predicted octanol–water partition coefficient (Wildman–Crippen LogP) is 2.48. The molecule has 0 aliphatic rings. The van der Waals surface area contributed by atoms with Gasteiger partial charge in [-0.3, -0.25) is 9.59 Å². The Morgan fingerprint density at radius 1 is 1.42 bits per heavy atom. The Kier molecular flexibility index (Phi) is 6.04. The summed E-state index contributed by atoms with van der Waals surface area (Å²) in [7, 11) is 0. The van der Waals surface area contributed by atoms with Crippen molar-refractivity contribution in [2.45, 2.75) is 19.8 Å². The summed E-state index contributed by atoms with van der Waals surface area (Å²) in [4.78, 5) is 23.2. The lowest BCUT2D eigenvalue weighted by Crippen LogP contribution is -2.09. The average molecular weight is 280 g/mol. The lowest BCUT2D eigenvalue weighted by atomic mass is 9.98. The van der Waals surface area contributed by atoms with E-state index in [4.69, 9.17) is 21.6 Å². The highest BCUT2D eigenvalue weighted by molar-refractivity contribution is 6.19. The fraction of sp³-hybridized carbons (Fsp3) is 0.357. The molecule has 0 bridgehead atoms. The number of benzene rings is 1. The maximum absolute atomic E-state index is 11.8. The highest BCUT2D eigenvalue weighted by Gasteiger charge is 2.13. The summed E-state index contributed by atoms with van der Waals surface area (Å²) in [5.41, 5.74) is 1.25. The lowest BCUT2D eigenvalue weighted by Gasteiger charge is -2.06. The van der Waals surface area contributed by atoms with Crippen molar-refractivity contribution in [3.63, 3.8) is 0 Å². The Bertz CT molecular complexity index is 520. The first-order chi connectivity index (χ1) is 9.12. The molecule has 0 fully saturated rings. The van der Waals surface area contributed by atoms with Crippen LogP contribution in [0.3, 0.4) is 0 Å². The van der Waals surface area contributed by atoms with E-state index in [0.29, 0.717) is 23.3 Å².